The van der Waals surface area contributed by atoms with Crippen molar-refractivity contribution in [1.29, 1.82) is 0 Å². The molecule has 0 bridgehead atoms. The Kier molecular flexibility index (Phi) is 5.53. The van der Waals surface area contributed by atoms with Gasteiger partial charge in [-0.3, -0.25) is 14.2 Å². The van der Waals surface area contributed by atoms with Crippen LogP contribution in [0.25, 0.3) is 16.0 Å². The number of nitrogens with zero attached hydrogens (tertiary/aromatic N) is 4. The van der Waals surface area contributed by atoms with Gasteiger partial charge in [0.2, 0.25) is 11.7 Å². The van der Waals surface area contributed by atoms with Gasteiger partial charge in [-0.25, -0.2) is 13.9 Å². The monoisotopic (exact) mass is 439 g/mol. The smallest absolute Gasteiger partial charge is 0.324 e. The topological polar surface area (TPSA) is 90.4 Å². The second-order valence-corrected chi connectivity index (χ2v) is 9.08. The Bertz CT molecular complexity index is 1390. The number of carbonyl (C=O) groups is 1. The summed E-state index contributed by atoms with van der Waals surface area (Å²) in [6.07, 6.45) is 0.778. The number of fused-ring (bicyclic) bond motifs is 3. The van der Waals surface area contributed by atoms with E-state index >= 15 is 0 Å². The van der Waals surface area contributed by atoms with E-state index in [1.807, 2.05) is 32.0 Å². The number of anilines is 1. The molecule has 4 aromatic rings. The van der Waals surface area contributed by atoms with E-state index in [4.69, 9.17) is 0 Å². The summed E-state index contributed by atoms with van der Waals surface area (Å²) in [5.41, 5.74) is 2.55. The number of carbonyl (C=O) groups excluding carboxylic acids is 1. The highest BCUT2D eigenvalue weighted by Crippen LogP contribution is 2.20. The molecule has 0 aliphatic rings. The van der Waals surface area contributed by atoms with E-state index < -0.39 is 5.69 Å². The first-order valence-corrected chi connectivity index (χ1v) is 11.1. The van der Waals surface area contributed by atoms with Gasteiger partial charge >= 0.3 is 5.69 Å². The largest absolute Gasteiger partial charge is 0.352 e. The average Bonchev–Trinajstić information content (AvgIpc) is 3.30. The van der Waals surface area contributed by atoms with Gasteiger partial charge in [-0.2, -0.15) is 0 Å². The maximum atomic E-state index is 13.1. The Hall–Kier alpha value is -3.20. The van der Waals surface area contributed by atoms with Gasteiger partial charge in [0.1, 0.15) is 11.2 Å². The van der Waals surface area contributed by atoms with Crippen molar-refractivity contribution >= 4 is 38.9 Å². The van der Waals surface area contributed by atoms with E-state index in [2.05, 4.69) is 24.3 Å². The number of aryl methyl sites for hydroxylation is 3. The molecular formula is C22H25N5O3S. The lowest BCUT2D eigenvalue weighted by Gasteiger charge is -2.11. The Balaban J connectivity index is 1.76. The van der Waals surface area contributed by atoms with Crippen LogP contribution in [0.4, 0.5) is 5.69 Å². The zero-order valence-corrected chi connectivity index (χ0v) is 18.8. The normalized spacial score (nSPS) is 11.6. The molecule has 4 rings (SSSR count). The molecule has 1 amide bonds. The third-order valence-corrected chi connectivity index (χ3v) is 6.25. The molecule has 9 heteroatoms. The predicted octanol–water partition coefficient (Wildman–Crippen LogP) is 3.17. The van der Waals surface area contributed by atoms with Crippen LogP contribution in [-0.2, 0) is 17.9 Å². The van der Waals surface area contributed by atoms with E-state index in [0.29, 0.717) is 22.7 Å². The summed E-state index contributed by atoms with van der Waals surface area (Å²) in [5.74, 6) is 0.310. The third-order valence-electron chi connectivity index (χ3n) is 5.36. The van der Waals surface area contributed by atoms with Crippen molar-refractivity contribution in [3.8, 4) is 0 Å². The van der Waals surface area contributed by atoms with Crippen molar-refractivity contribution in [2.45, 2.75) is 47.2 Å². The number of hydrogen-bond acceptors (Lipinski definition) is 5. The number of amides is 1. The standard InChI is InChI=1S/C22H25N5O3S/c1-13(2)8-10-25-20(29)19-16(9-11-31-19)27-21(25)24-26(22(27)30)12-17(28)23-18-14(3)6-5-7-15(18)4/h5-7,9,11,13H,8,10,12H2,1-4H3,(H,23,28). The van der Waals surface area contributed by atoms with Crippen molar-refractivity contribution < 1.29 is 4.79 Å². The van der Waals surface area contributed by atoms with Gasteiger partial charge in [0, 0.05) is 12.2 Å². The van der Waals surface area contributed by atoms with Gasteiger partial charge in [0.15, 0.2) is 0 Å². The van der Waals surface area contributed by atoms with Gasteiger partial charge in [-0.15, -0.1) is 16.4 Å². The molecule has 0 radical (unpaired) electrons. The number of thiophene rings is 1. The molecule has 8 nitrogen and oxygen atoms in total. The predicted molar refractivity (Wildman–Crippen MR) is 123 cm³/mol. The van der Waals surface area contributed by atoms with Crippen LogP contribution in [0, 0.1) is 19.8 Å². The summed E-state index contributed by atoms with van der Waals surface area (Å²) in [4.78, 5) is 38.9. The number of rotatable bonds is 6. The lowest BCUT2D eigenvalue weighted by molar-refractivity contribution is -0.117. The SMILES string of the molecule is Cc1cccc(C)c1NC(=O)Cn1nc2n(CCC(C)C)c(=O)c3sccc3n2c1=O. The molecule has 0 atom stereocenters. The van der Waals surface area contributed by atoms with Crippen molar-refractivity contribution in [3.63, 3.8) is 0 Å². The van der Waals surface area contributed by atoms with Crippen molar-refractivity contribution in [2.24, 2.45) is 5.92 Å². The molecule has 31 heavy (non-hydrogen) atoms. The Morgan fingerprint density at radius 3 is 2.55 bits per heavy atom. The van der Waals surface area contributed by atoms with E-state index in [9.17, 15) is 14.4 Å². The van der Waals surface area contributed by atoms with Gasteiger partial charge in [-0.1, -0.05) is 32.0 Å². The van der Waals surface area contributed by atoms with Crippen LogP contribution >= 0.6 is 11.3 Å². The first kappa shape index (κ1) is 21.0. The lowest BCUT2D eigenvalue weighted by Crippen LogP contribution is -2.29. The van der Waals surface area contributed by atoms with Crippen LogP contribution in [0.5, 0.6) is 0 Å². The van der Waals surface area contributed by atoms with Crippen LogP contribution in [0.15, 0.2) is 39.2 Å². The molecule has 0 aliphatic carbocycles. The summed E-state index contributed by atoms with van der Waals surface area (Å²) >= 11 is 1.30. The maximum Gasteiger partial charge on any atom is 0.352 e. The van der Waals surface area contributed by atoms with Crippen molar-refractivity contribution in [3.05, 3.63) is 61.6 Å². The van der Waals surface area contributed by atoms with E-state index in [-0.39, 0.29) is 23.8 Å². The summed E-state index contributed by atoms with van der Waals surface area (Å²) in [7, 11) is 0. The molecule has 1 aromatic carbocycles. The van der Waals surface area contributed by atoms with Gasteiger partial charge < -0.3 is 5.32 Å². The highest BCUT2D eigenvalue weighted by molar-refractivity contribution is 7.17. The zero-order valence-electron chi connectivity index (χ0n) is 18.0. The van der Waals surface area contributed by atoms with Crippen LogP contribution < -0.4 is 16.6 Å². The number of nitrogens with one attached hydrogen (secondary N) is 1. The molecule has 0 fully saturated rings. The van der Waals surface area contributed by atoms with E-state index in [0.717, 1.165) is 27.9 Å². The van der Waals surface area contributed by atoms with Crippen LogP contribution in [0.2, 0.25) is 0 Å². The minimum Gasteiger partial charge on any atom is -0.324 e. The number of aromatic nitrogens is 4. The summed E-state index contributed by atoms with van der Waals surface area (Å²) in [6, 6.07) is 7.50. The van der Waals surface area contributed by atoms with Gasteiger partial charge in [0.25, 0.3) is 5.56 Å². The minimum absolute atomic E-state index is 0.157. The van der Waals surface area contributed by atoms with Crippen LogP contribution in [0.3, 0.4) is 0 Å². The maximum absolute atomic E-state index is 13.1. The number of hydrogen-bond donors (Lipinski definition) is 1. The average molecular weight is 440 g/mol. The molecule has 162 valence electrons. The quantitative estimate of drug-likeness (QED) is 0.500. The van der Waals surface area contributed by atoms with Gasteiger partial charge in [0.05, 0.1) is 5.52 Å². The zero-order chi connectivity index (χ0) is 22.3. The first-order chi connectivity index (χ1) is 14.8. The summed E-state index contributed by atoms with van der Waals surface area (Å²) in [6.45, 7) is 8.21. The molecule has 0 unspecified atom stereocenters. The number of para-hydroxylation sites is 1. The lowest BCUT2D eigenvalue weighted by atomic mass is 10.1. The van der Waals surface area contributed by atoms with Gasteiger partial charge in [-0.05, 0) is 48.8 Å². The molecular weight excluding hydrogens is 414 g/mol. The van der Waals surface area contributed by atoms with Crippen LogP contribution in [-0.4, -0.2) is 24.7 Å². The molecule has 0 saturated carbocycles. The molecule has 3 aromatic heterocycles. The fourth-order valence-electron chi connectivity index (χ4n) is 3.65. The summed E-state index contributed by atoms with van der Waals surface area (Å²) in [5, 5.41) is 9.05. The third kappa shape index (κ3) is 3.81. The highest BCUT2D eigenvalue weighted by atomic mass is 32.1. The fraction of sp³-hybridized carbons (Fsp3) is 0.364. The molecule has 0 aliphatic heterocycles. The molecule has 0 saturated heterocycles. The highest BCUT2D eigenvalue weighted by Gasteiger charge is 2.20. The van der Waals surface area contributed by atoms with E-state index in [1.54, 1.807) is 16.0 Å². The van der Waals surface area contributed by atoms with Crippen molar-refractivity contribution in [2.75, 3.05) is 5.32 Å². The van der Waals surface area contributed by atoms with Crippen molar-refractivity contribution in [1.82, 2.24) is 18.7 Å². The second-order valence-electron chi connectivity index (χ2n) is 8.16. The second kappa shape index (κ2) is 8.14. The minimum atomic E-state index is -0.437. The Morgan fingerprint density at radius 1 is 1.16 bits per heavy atom. The Labute approximate surface area is 182 Å². The molecule has 1 N–H and O–H groups in total. The van der Waals surface area contributed by atoms with Crippen LogP contribution in [0.1, 0.15) is 31.4 Å². The fourth-order valence-corrected chi connectivity index (χ4v) is 4.48. The van der Waals surface area contributed by atoms with E-state index in [1.165, 1.54) is 15.7 Å². The Morgan fingerprint density at radius 2 is 1.87 bits per heavy atom. The first-order valence-electron chi connectivity index (χ1n) is 10.2. The summed E-state index contributed by atoms with van der Waals surface area (Å²) < 4.78 is 4.61. The number of benzene rings is 1. The molecule has 0 spiro atoms. The molecule has 3 heterocycles.